The van der Waals surface area contributed by atoms with Crippen molar-refractivity contribution < 1.29 is 14.0 Å². The summed E-state index contributed by atoms with van der Waals surface area (Å²) in [6.45, 7) is 6.68. The maximum Gasteiger partial charge on any atom is 0.335 e. The molecule has 0 saturated heterocycles. The fourth-order valence-corrected chi connectivity index (χ4v) is 3.67. The summed E-state index contributed by atoms with van der Waals surface area (Å²) in [6, 6.07) is 0.723. The highest BCUT2D eigenvalue weighted by molar-refractivity contribution is 6.66. The number of nitrogens with two attached hydrogens (primary N) is 1. The van der Waals surface area contributed by atoms with Crippen molar-refractivity contribution in [3.63, 3.8) is 0 Å². The molecule has 14 heavy (non-hydrogen) atoms. The minimum absolute atomic E-state index is 0.0171. The molecule has 0 bridgehead atoms. The highest BCUT2D eigenvalue weighted by Crippen LogP contribution is 2.20. The molecule has 0 saturated carbocycles. The van der Waals surface area contributed by atoms with Gasteiger partial charge in [0, 0.05) is 13.7 Å². The fraction of sp³-hybridized carbons (Fsp3) is 1.00. The minimum Gasteiger partial charge on any atom is -0.398 e. The van der Waals surface area contributed by atoms with E-state index in [-0.39, 0.29) is 5.92 Å². The van der Waals surface area contributed by atoms with Crippen LogP contribution in [-0.4, -0.2) is 33.6 Å². The van der Waals surface area contributed by atoms with Gasteiger partial charge in [0.1, 0.15) is 6.23 Å². The van der Waals surface area contributed by atoms with Crippen LogP contribution in [0.1, 0.15) is 20.3 Å². The first-order valence-corrected chi connectivity index (χ1v) is 7.60. The first-order valence-electron chi connectivity index (χ1n) is 5.08. The molecule has 0 aliphatic rings. The van der Waals surface area contributed by atoms with Crippen molar-refractivity contribution in [3.05, 3.63) is 0 Å². The van der Waals surface area contributed by atoms with Crippen molar-refractivity contribution >= 4 is 8.56 Å². The molecule has 0 fully saturated rings. The second-order valence-electron chi connectivity index (χ2n) is 3.86. The Kier molecular flexibility index (Phi) is 6.55. The van der Waals surface area contributed by atoms with Crippen molar-refractivity contribution in [2.45, 2.75) is 39.1 Å². The zero-order valence-corrected chi connectivity index (χ0v) is 10.6. The van der Waals surface area contributed by atoms with E-state index in [4.69, 9.17) is 14.6 Å². The molecule has 3 unspecified atom stereocenters. The summed E-state index contributed by atoms with van der Waals surface area (Å²) >= 11 is 0. The second kappa shape index (κ2) is 6.52. The SMILES string of the molecule is CCCO[Si](C)(CC(C)C(N)O)OC. The van der Waals surface area contributed by atoms with E-state index < -0.39 is 14.8 Å². The van der Waals surface area contributed by atoms with Gasteiger partial charge >= 0.3 is 8.56 Å². The van der Waals surface area contributed by atoms with E-state index in [0.717, 1.165) is 12.5 Å². The topological polar surface area (TPSA) is 64.7 Å². The molecule has 0 aromatic rings. The van der Waals surface area contributed by atoms with Crippen LogP contribution in [0.25, 0.3) is 0 Å². The number of hydrogen-bond acceptors (Lipinski definition) is 4. The molecular weight excluding hydrogens is 198 g/mol. The van der Waals surface area contributed by atoms with Gasteiger partial charge in [-0.25, -0.2) is 0 Å². The van der Waals surface area contributed by atoms with Crippen molar-refractivity contribution in [1.82, 2.24) is 0 Å². The van der Waals surface area contributed by atoms with E-state index >= 15 is 0 Å². The molecule has 0 aromatic carbocycles. The molecular formula is C9H23NO3Si. The quantitative estimate of drug-likeness (QED) is 0.498. The Morgan fingerprint density at radius 3 is 2.43 bits per heavy atom. The molecule has 0 radical (unpaired) electrons. The van der Waals surface area contributed by atoms with Gasteiger partial charge in [-0.1, -0.05) is 13.8 Å². The third-order valence-corrected chi connectivity index (χ3v) is 5.38. The normalized spacial score (nSPS) is 20.1. The monoisotopic (exact) mass is 221 g/mol. The lowest BCUT2D eigenvalue weighted by atomic mass is 10.2. The molecule has 3 N–H and O–H groups in total. The molecule has 5 heteroatoms. The maximum absolute atomic E-state index is 9.19. The Hall–Kier alpha value is 0.0569. The Morgan fingerprint density at radius 2 is 2.07 bits per heavy atom. The second-order valence-corrected chi connectivity index (χ2v) is 7.23. The summed E-state index contributed by atoms with van der Waals surface area (Å²) in [5, 5.41) is 9.19. The lowest BCUT2D eigenvalue weighted by Gasteiger charge is -2.28. The van der Waals surface area contributed by atoms with Crippen molar-refractivity contribution in [2.75, 3.05) is 13.7 Å². The third-order valence-electron chi connectivity index (χ3n) is 2.32. The highest BCUT2D eigenvalue weighted by atomic mass is 28.4. The Bertz CT molecular complexity index is 157. The maximum atomic E-state index is 9.19. The number of aliphatic hydroxyl groups is 1. The summed E-state index contributed by atoms with van der Waals surface area (Å²) in [7, 11) is -0.446. The van der Waals surface area contributed by atoms with Crippen LogP contribution in [0.2, 0.25) is 12.6 Å². The molecule has 0 heterocycles. The summed E-state index contributed by atoms with van der Waals surface area (Å²) in [5.41, 5.74) is 5.39. The molecule has 0 spiro atoms. The average molecular weight is 221 g/mol. The number of aliphatic hydroxyl groups excluding tert-OH is 1. The van der Waals surface area contributed by atoms with Crippen LogP contribution in [0.4, 0.5) is 0 Å². The van der Waals surface area contributed by atoms with E-state index in [2.05, 4.69) is 6.92 Å². The lowest BCUT2D eigenvalue weighted by Crippen LogP contribution is -2.42. The number of hydrogen-bond donors (Lipinski definition) is 2. The van der Waals surface area contributed by atoms with E-state index in [1.165, 1.54) is 0 Å². The molecule has 0 aromatic heterocycles. The van der Waals surface area contributed by atoms with Crippen LogP contribution in [-0.2, 0) is 8.85 Å². The predicted molar refractivity (Wildman–Crippen MR) is 59.0 cm³/mol. The van der Waals surface area contributed by atoms with Crippen molar-refractivity contribution in [1.29, 1.82) is 0 Å². The average Bonchev–Trinajstić information content (AvgIpc) is 2.14. The van der Waals surface area contributed by atoms with Crippen molar-refractivity contribution in [2.24, 2.45) is 11.7 Å². The van der Waals surface area contributed by atoms with Gasteiger partial charge in [0.15, 0.2) is 0 Å². The van der Waals surface area contributed by atoms with Gasteiger partial charge in [-0.15, -0.1) is 0 Å². The molecule has 3 atom stereocenters. The summed E-state index contributed by atoms with van der Waals surface area (Å²) in [6.07, 6.45) is 0.188. The summed E-state index contributed by atoms with van der Waals surface area (Å²) in [5.74, 6) is 0.0171. The Balaban J connectivity index is 4.09. The Labute approximate surface area is 87.6 Å². The first-order chi connectivity index (χ1) is 6.45. The molecule has 86 valence electrons. The fourth-order valence-electron chi connectivity index (χ4n) is 1.22. The Morgan fingerprint density at radius 1 is 1.50 bits per heavy atom. The van der Waals surface area contributed by atoms with Crippen LogP contribution in [0.3, 0.4) is 0 Å². The van der Waals surface area contributed by atoms with Crippen LogP contribution in [0.15, 0.2) is 0 Å². The van der Waals surface area contributed by atoms with E-state index in [1.807, 2.05) is 13.5 Å². The third kappa shape index (κ3) is 5.07. The van der Waals surface area contributed by atoms with E-state index in [9.17, 15) is 5.11 Å². The van der Waals surface area contributed by atoms with Gasteiger partial charge in [0.25, 0.3) is 0 Å². The lowest BCUT2D eigenvalue weighted by molar-refractivity contribution is 0.119. The molecule has 0 amide bonds. The van der Waals surface area contributed by atoms with Crippen molar-refractivity contribution in [3.8, 4) is 0 Å². The molecule has 4 nitrogen and oxygen atoms in total. The molecule has 0 aliphatic carbocycles. The smallest absolute Gasteiger partial charge is 0.335 e. The van der Waals surface area contributed by atoms with Crippen LogP contribution in [0.5, 0.6) is 0 Å². The van der Waals surface area contributed by atoms with Gasteiger partial charge in [0.05, 0.1) is 0 Å². The number of rotatable bonds is 7. The van der Waals surface area contributed by atoms with Gasteiger partial charge < -0.3 is 19.7 Å². The van der Waals surface area contributed by atoms with Gasteiger partial charge in [0.2, 0.25) is 0 Å². The zero-order valence-electron chi connectivity index (χ0n) is 9.62. The van der Waals surface area contributed by atoms with E-state index in [1.54, 1.807) is 7.11 Å². The summed E-state index contributed by atoms with van der Waals surface area (Å²) < 4.78 is 11.1. The van der Waals surface area contributed by atoms with Crippen LogP contribution >= 0.6 is 0 Å². The van der Waals surface area contributed by atoms with E-state index in [0.29, 0.717) is 6.61 Å². The highest BCUT2D eigenvalue weighted by Gasteiger charge is 2.33. The first kappa shape index (κ1) is 14.1. The van der Waals surface area contributed by atoms with Gasteiger partial charge in [-0.3, -0.25) is 0 Å². The van der Waals surface area contributed by atoms with Gasteiger partial charge in [-0.05, 0) is 24.9 Å². The molecule has 0 rings (SSSR count). The molecule has 0 aliphatic heterocycles. The van der Waals surface area contributed by atoms with Crippen LogP contribution in [0, 0.1) is 5.92 Å². The predicted octanol–water partition coefficient (Wildman–Crippen LogP) is 1.04. The summed E-state index contributed by atoms with van der Waals surface area (Å²) in [4.78, 5) is 0. The zero-order chi connectivity index (χ0) is 11.2. The van der Waals surface area contributed by atoms with Gasteiger partial charge in [-0.2, -0.15) is 0 Å². The standard InChI is InChI=1S/C9H23NO3Si/c1-5-6-13-14(4,12-3)7-8(2)9(10)11/h8-9,11H,5-7,10H2,1-4H3. The largest absolute Gasteiger partial charge is 0.398 e. The van der Waals surface area contributed by atoms with Crippen LogP contribution < -0.4 is 5.73 Å². The minimum atomic E-state index is -2.11.